The van der Waals surface area contributed by atoms with Crippen molar-refractivity contribution in [1.29, 1.82) is 0 Å². The first kappa shape index (κ1) is 28.8. The zero-order valence-electron chi connectivity index (χ0n) is 22.9. The molecule has 0 radical (unpaired) electrons. The van der Waals surface area contributed by atoms with Gasteiger partial charge in [0.1, 0.15) is 5.75 Å². The molecule has 4 aromatic rings. The number of methoxy groups -OCH3 is 1. The fourth-order valence-corrected chi connectivity index (χ4v) is 5.61. The highest BCUT2D eigenvalue weighted by Gasteiger charge is 2.20. The lowest BCUT2D eigenvalue weighted by atomic mass is 9.93. The Kier molecular flexibility index (Phi) is 9.22. The zero-order chi connectivity index (χ0) is 28.7. The Labute approximate surface area is 235 Å². The van der Waals surface area contributed by atoms with Crippen LogP contribution in [0.4, 0.5) is 0 Å². The standard InChI is InChI=1S/C32H34N2O5S/c1-4-17-33-31(35)22(2)18-23-13-14-24-9-8-10-25(29(24)19-23)20-26-15-16-27(21-30(26)39-3)32(36)34-40(37,38)28-11-6-5-7-12-28/h5-16,19,21-22H,4,17-18,20H2,1-3H3,(H,33,35)(H,34,36). The van der Waals surface area contributed by atoms with Crippen molar-refractivity contribution in [2.45, 2.75) is 38.0 Å². The maximum Gasteiger partial charge on any atom is 0.265 e. The summed E-state index contributed by atoms with van der Waals surface area (Å²) in [6.07, 6.45) is 2.08. The predicted molar refractivity (Wildman–Crippen MR) is 157 cm³/mol. The monoisotopic (exact) mass is 558 g/mol. The summed E-state index contributed by atoms with van der Waals surface area (Å²) in [7, 11) is -2.48. The van der Waals surface area contributed by atoms with Crippen molar-refractivity contribution in [3.8, 4) is 5.75 Å². The van der Waals surface area contributed by atoms with Crippen LogP contribution < -0.4 is 14.8 Å². The summed E-state index contributed by atoms with van der Waals surface area (Å²) in [5.41, 5.74) is 3.19. The van der Waals surface area contributed by atoms with Gasteiger partial charge in [0.2, 0.25) is 5.91 Å². The fraction of sp³-hybridized carbons (Fsp3) is 0.250. The molecule has 1 atom stereocenters. The van der Waals surface area contributed by atoms with Gasteiger partial charge in [-0.1, -0.05) is 74.5 Å². The molecular formula is C32H34N2O5S. The van der Waals surface area contributed by atoms with E-state index in [0.717, 1.165) is 33.9 Å². The van der Waals surface area contributed by atoms with Gasteiger partial charge in [-0.25, -0.2) is 13.1 Å². The van der Waals surface area contributed by atoms with Gasteiger partial charge in [0.15, 0.2) is 0 Å². The number of benzene rings is 4. The summed E-state index contributed by atoms with van der Waals surface area (Å²) in [6.45, 7) is 4.65. The molecule has 8 heteroatoms. The third-order valence-electron chi connectivity index (χ3n) is 6.79. The number of hydrogen-bond acceptors (Lipinski definition) is 5. The van der Waals surface area contributed by atoms with E-state index in [1.165, 1.54) is 19.2 Å². The van der Waals surface area contributed by atoms with E-state index in [4.69, 9.17) is 4.74 Å². The Morgan fingerprint density at radius 2 is 1.68 bits per heavy atom. The third-order valence-corrected chi connectivity index (χ3v) is 8.13. The van der Waals surface area contributed by atoms with Crippen LogP contribution in [0.2, 0.25) is 0 Å². The number of sulfonamides is 1. The minimum Gasteiger partial charge on any atom is -0.496 e. The van der Waals surface area contributed by atoms with Crippen LogP contribution in [0.15, 0.2) is 89.8 Å². The maximum atomic E-state index is 12.8. The molecule has 0 saturated carbocycles. The lowest BCUT2D eigenvalue weighted by Crippen LogP contribution is -2.30. The van der Waals surface area contributed by atoms with E-state index in [9.17, 15) is 18.0 Å². The molecular weight excluding hydrogens is 524 g/mol. The van der Waals surface area contributed by atoms with Crippen molar-refractivity contribution in [3.05, 3.63) is 107 Å². The van der Waals surface area contributed by atoms with Crippen molar-refractivity contribution in [2.24, 2.45) is 5.92 Å². The minimum absolute atomic E-state index is 0.0123. The third kappa shape index (κ3) is 6.87. The van der Waals surface area contributed by atoms with Crippen LogP contribution in [0.1, 0.15) is 47.3 Å². The zero-order valence-corrected chi connectivity index (χ0v) is 23.8. The van der Waals surface area contributed by atoms with Crippen LogP contribution in [-0.2, 0) is 27.7 Å². The number of hydrogen-bond donors (Lipinski definition) is 2. The summed E-state index contributed by atoms with van der Waals surface area (Å²) in [5, 5.41) is 5.14. The van der Waals surface area contributed by atoms with Gasteiger partial charge in [-0.3, -0.25) is 9.59 Å². The van der Waals surface area contributed by atoms with Gasteiger partial charge in [0.25, 0.3) is 15.9 Å². The van der Waals surface area contributed by atoms with Gasteiger partial charge in [-0.2, -0.15) is 0 Å². The van der Waals surface area contributed by atoms with Crippen LogP contribution in [0.25, 0.3) is 10.8 Å². The van der Waals surface area contributed by atoms with Gasteiger partial charge in [-0.15, -0.1) is 0 Å². The van der Waals surface area contributed by atoms with Crippen molar-refractivity contribution in [3.63, 3.8) is 0 Å². The molecule has 1 unspecified atom stereocenters. The highest BCUT2D eigenvalue weighted by Crippen LogP contribution is 2.28. The molecule has 2 amide bonds. The summed E-state index contributed by atoms with van der Waals surface area (Å²) >= 11 is 0. The molecule has 7 nitrogen and oxygen atoms in total. The normalized spacial score (nSPS) is 12.1. The first-order chi connectivity index (χ1) is 19.2. The Balaban J connectivity index is 1.56. The molecule has 0 saturated heterocycles. The number of fused-ring (bicyclic) bond motifs is 1. The molecule has 0 aliphatic carbocycles. The predicted octanol–water partition coefficient (Wildman–Crippen LogP) is 5.26. The Hall–Kier alpha value is -4.17. The van der Waals surface area contributed by atoms with Crippen molar-refractivity contribution < 1.29 is 22.7 Å². The second-order valence-corrected chi connectivity index (χ2v) is 11.5. The lowest BCUT2D eigenvalue weighted by Gasteiger charge is -2.15. The van der Waals surface area contributed by atoms with Crippen LogP contribution >= 0.6 is 0 Å². The molecule has 0 aliphatic rings. The SMILES string of the molecule is CCCNC(=O)C(C)Cc1ccc2cccc(Cc3ccc(C(=O)NS(=O)(=O)c4ccccc4)cc3OC)c2c1. The van der Waals surface area contributed by atoms with E-state index in [1.54, 1.807) is 36.4 Å². The number of carbonyl (C=O) groups excluding carboxylic acids is 2. The van der Waals surface area contributed by atoms with E-state index in [0.29, 0.717) is 25.1 Å². The van der Waals surface area contributed by atoms with Gasteiger partial charge in [0, 0.05) is 24.4 Å². The molecule has 0 heterocycles. The Morgan fingerprint density at radius 1 is 0.900 bits per heavy atom. The maximum absolute atomic E-state index is 12.8. The average Bonchev–Trinajstić information content (AvgIpc) is 2.96. The topological polar surface area (TPSA) is 102 Å². The minimum atomic E-state index is -4.00. The van der Waals surface area contributed by atoms with Crippen LogP contribution in [-0.4, -0.2) is 33.9 Å². The van der Waals surface area contributed by atoms with Gasteiger partial charge >= 0.3 is 0 Å². The summed E-state index contributed by atoms with van der Waals surface area (Å²) in [4.78, 5) is 25.2. The fourth-order valence-electron chi connectivity index (χ4n) is 4.61. The molecule has 0 aromatic heterocycles. The van der Waals surface area contributed by atoms with Gasteiger partial charge in [0.05, 0.1) is 12.0 Å². The van der Waals surface area contributed by atoms with E-state index in [2.05, 4.69) is 40.4 Å². The molecule has 0 fully saturated rings. The smallest absolute Gasteiger partial charge is 0.265 e. The quantitative estimate of drug-likeness (QED) is 0.261. The number of rotatable bonds is 11. The molecule has 4 rings (SSSR count). The lowest BCUT2D eigenvalue weighted by molar-refractivity contribution is -0.124. The van der Waals surface area contributed by atoms with Crippen LogP contribution in [0, 0.1) is 5.92 Å². The number of amides is 2. The largest absolute Gasteiger partial charge is 0.496 e. The second-order valence-electron chi connectivity index (χ2n) is 9.82. The molecule has 40 heavy (non-hydrogen) atoms. The Bertz CT molecular complexity index is 1620. The van der Waals surface area contributed by atoms with Crippen LogP contribution in [0.3, 0.4) is 0 Å². The summed E-state index contributed by atoms with van der Waals surface area (Å²) < 4.78 is 32.9. The highest BCUT2D eigenvalue weighted by atomic mass is 32.2. The number of carbonyl (C=O) groups is 2. The van der Waals surface area contributed by atoms with Crippen LogP contribution in [0.5, 0.6) is 5.75 Å². The van der Waals surface area contributed by atoms with Gasteiger partial charge in [-0.05, 0) is 64.6 Å². The molecule has 0 spiro atoms. The summed E-state index contributed by atoms with van der Waals surface area (Å²) in [6, 6.07) is 25.1. The van der Waals surface area contributed by atoms with Gasteiger partial charge < -0.3 is 10.1 Å². The van der Waals surface area contributed by atoms with Crippen molar-refractivity contribution >= 4 is 32.6 Å². The molecule has 2 N–H and O–H groups in total. The number of nitrogens with one attached hydrogen (secondary N) is 2. The molecule has 0 aliphatic heterocycles. The van der Waals surface area contributed by atoms with Crippen molar-refractivity contribution in [1.82, 2.24) is 10.0 Å². The summed E-state index contributed by atoms with van der Waals surface area (Å²) in [5.74, 6) is -0.332. The van der Waals surface area contributed by atoms with E-state index >= 15 is 0 Å². The first-order valence-corrected chi connectivity index (χ1v) is 14.8. The Morgan fingerprint density at radius 3 is 2.40 bits per heavy atom. The number of ether oxygens (including phenoxy) is 1. The van der Waals surface area contributed by atoms with Crippen molar-refractivity contribution in [2.75, 3.05) is 13.7 Å². The van der Waals surface area contributed by atoms with E-state index in [-0.39, 0.29) is 22.3 Å². The molecule has 4 aromatic carbocycles. The molecule has 0 bridgehead atoms. The highest BCUT2D eigenvalue weighted by molar-refractivity contribution is 7.90. The van der Waals surface area contributed by atoms with E-state index in [1.807, 2.05) is 19.9 Å². The van der Waals surface area contributed by atoms with E-state index < -0.39 is 15.9 Å². The second kappa shape index (κ2) is 12.8. The average molecular weight is 559 g/mol. The molecule has 208 valence electrons. The first-order valence-electron chi connectivity index (χ1n) is 13.3.